The summed E-state index contributed by atoms with van der Waals surface area (Å²) < 4.78 is 67.9. The van der Waals surface area contributed by atoms with E-state index in [1.807, 2.05) is 0 Å². The van der Waals surface area contributed by atoms with Gasteiger partial charge in [0.05, 0.1) is 35.0 Å². The maximum atomic E-state index is 15.1. The van der Waals surface area contributed by atoms with E-state index in [-0.39, 0.29) is 67.7 Å². The first-order valence-electron chi connectivity index (χ1n) is 14.5. The summed E-state index contributed by atoms with van der Waals surface area (Å²) in [5.74, 6) is -3.85. The molecular weight excluding hydrogens is 678 g/mol. The van der Waals surface area contributed by atoms with Gasteiger partial charge in [0.1, 0.15) is 34.2 Å². The molecule has 1 atom stereocenters. The Labute approximate surface area is 268 Å². The van der Waals surface area contributed by atoms with Crippen LogP contribution in [0.25, 0.3) is 22.2 Å². The maximum Gasteiger partial charge on any atom is 0.333 e. The molecule has 4 aromatic rings. The standard InChI is InChI=1S/C31H28BrF4N5O5/c1-2-45-27-19(28(37)42)10-24(39-26(27)18-9-20(32)22(34)11-21(18)33)31(44,16-3-4-16)13-38-29(43)14-7-15-12-41(30(35)36)40-25(15)23(8-14)46-17-5-6-17/h7-12,16-17,30,44H,2-6,13H2,1H3,(H2,37,42)(H,38,43)/t31-/m1/s1. The molecule has 15 heteroatoms. The van der Waals surface area contributed by atoms with Gasteiger partial charge in [-0.25, -0.2) is 18.4 Å². The second kappa shape index (κ2) is 12.2. The van der Waals surface area contributed by atoms with Crippen molar-refractivity contribution in [3.8, 4) is 22.8 Å². The predicted octanol–water partition coefficient (Wildman–Crippen LogP) is 5.60. The van der Waals surface area contributed by atoms with E-state index < -0.39 is 48.1 Å². The second-order valence-corrected chi connectivity index (χ2v) is 12.1. The number of hydrogen-bond acceptors (Lipinski definition) is 7. The molecule has 0 radical (unpaired) electrons. The normalized spacial score (nSPS) is 16.0. The van der Waals surface area contributed by atoms with E-state index in [1.54, 1.807) is 6.92 Å². The minimum Gasteiger partial charge on any atom is -0.491 e. The molecule has 6 rings (SSSR count). The molecule has 0 bridgehead atoms. The molecule has 2 aromatic heterocycles. The molecule has 0 saturated heterocycles. The number of carbonyl (C=O) groups excluding carboxylic acids is 2. The van der Waals surface area contributed by atoms with Gasteiger partial charge in [-0.05, 0) is 78.7 Å². The number of nitrogens with one attached hydrogen (secondary N) is 1. The number of benzene rings is 2. The summed E-state index contributed by atoms with van der Waals surface area (Å²) in [7, 11) is 0. The van der Waals surface area contributed by atoms with Gasteiger partial charge in [0.25, 0.3) is 11.8 Å². The van der Waals surface area contributed by atoms with Gasteiger partial charge in [-0.2, -0.15) is 13.9 Å². The smallest absolute Gasteiger partial charge is 0.333 e. The van der Waals surface area contributed by atoms with Crippen LogP contribution in [0.1, 0.15) is 65.6 Å². The van der Waals surface area contributed by atoms with Gasteiger partial charge in [-0.1, -0.05) is 0 Å². The summed E-state index contributed by atoms with van der Waals surface area (Å²) in [6.45, 7) is -1.60. The van der Waals surface area contributed by atoms with Gasteiger partial charge in [0.2, 0.25) is 0 Å². The highest BCUT2D eigenvalue weighted by atomic mass is 79.9. The molecule has 0 unspecified atom stereocenters. The zero-order valence-electron chi connectivity index (χ0n) is 24.3. The van der Waals surface area contributed by atoms with E-state index in [9.17, 15) is 27.9 Å². The highest BCUT2D eigenvalue weighted by Crippen LogP contribution is 2.47. The van der Waals surface area contributed by atoms with Crippen LogP contribution >= 0.6 is 15.9 Å². The van der Waals surface area contributed by atoms with Gasteiger partial charge >= 0.3 is 6.55 Å². The largest absolute Gasteiger partial charge is 0.491 e. The molecule has 2 heterocycles. The number of ether oxygens (including phenoxy) is 2. The fraction of sp³-hybridized carbons (Fsp3) is 0.355. The molecule has 2 amide bonds. The first-order valence-corrected chi connectivity index (χ1v) is 15.3. The van der Waals surface area contributed by atoms with Crippen molar-refractivity contribution >= 4 is 38.6 Å². The molecule has 2 saturated carbocycles. The average molecular weight is 706 g/mol. The van der Waals surface area contributed by atoms with Crippen molar-refractivity contribution in [1.82, 2.24) is 20.1 Å². The topological polar surface area (TPSA) is 142 Å². The monoisotopic (exact) mass is 705 g/mol. The Morgan fingerprint density at radius 3 is 2.52 bits per heavy atom. The quantitative estimate of drug-likeness (QED) is 0.129. The van der Waals surface area contributed by atoms with Crippen LogP contribution in [-0.2, 0) is 5.60 Å². The number of amides is 2. The summed E-state index contributed by atoms with van der Waals surface area (Å²) in [6, 6.07) is 5.81. The number of alkyl halides is 2. The molecule has 242 valence electrons. The fourth-order valence-electron chi connectivity index (χ4n) is 5.25. The maximum absolute atomic E-state index is 15.1. The third-order valence-electron chi connectivity index (χ3n) is 7.88. The van der Waals surface area contributed by atoms with Crippen LogP contribution in [0, 0.1) is 17.6 Å². The van der Waals surface area contributed by atoms with Crippen molar-refractivity contribution in [2.24, 2.45) is 11.7 Å². The van der Waals surface area contributed by atoms with Crippen molar-refractivity contribution in [2.45, 2.75) is 50.9 Å². The SMILES string of the molecule is CCOc1c(C(N)=O)cc([C@@](O)(CNC(=O)c2cc(OC3CC3)c3nn(C(F)F)cc3c2)C2CC2)nc1-c1cc(Br)c(F)cc1F. The van der Waals surface area contributed by atoms with E-state index in [0.717, 1.165) is 25.1 Å². The average Bonchev–Trinajstić information content (AvgIpc) is 3.96. The Balaban J connectivity index is 1.38. The van der Waals surface area contributed by atoms with E-state index in [4.69, 9.17) is 15.2 Å². The first kappa shape index (κ1) is 31.7. The number of pyridine rings is 1. The molecule has 46 heavy (non-hydrogen) atoms. The fourth-order valence-corrected chi connectivity index (χ4v) is 5.59. The van der Waals surface area contributed by atoms with Crippen LogP contribution in [0.15, 0.2) is 41.0 Å². The number of aliphatic hydroxyl groups is 1. The third-order valence-corrected chi connectivity index (χ3v) is 8.49. The van der Waals surface area contributed by atoms with Crippen molar-refractivity contribution < 1.29 is 41.7 Å². The third kappa shape index (κ3) is 6.12. The highest BCUT2D eigenvalue weighted by molar-refractivity contribution is 9.10. The molecule has 0 aliphatic heterocycles. The molecule has 2 aliphatic rings. The molecule has 2 aliphatic carbocycles. The molecule has 0 spiro atoms. The lowest BCUT2D eigenvalue weighted by molar-refractivity contribution is 0.00945. The first-order chi connectivity index (χ1) is 21.9. The van der Waals surface area contributed by atoms with E-state index in [0.29, 0.717) is 23.6 Å². The van der Waals surface area contributed by atoms with Gasteiger partial charge in [0.15, 0.2) is 5.75 Å². The minimum atomic E-state index is -2.90. The van der Waals surface area contributed by atoms with E-state index in [2.05, 4.69) is 31.3 Å². The lowest BCUT2D eigenvalue weighted by Gasteiger charge is -2.29. The molecule has 10 nitrogen and oxygen atoms in total. The van der Waals surface area contributed by atoms with Crippen molar-refractivity contribution in [1.29, 1.82) is 0 Å². The Bertz CT molecular complexity index is 1860. The number of fused-ring (bicyclic) bond motifs is 1. The number of nitrogens with zero attached hydrogens (tertiary/aromatic N) is 3. The molecule has 2 aromatic carbocycles. The number of primary amides is 1. The summed E-state index contributed by atoms with van der Waals surface area (Å²) in [6.07, 6.45) is 3.68. The minimum absolute atomic E-state index is 0.0499. The number of rotatable bonds is 12. The van der Waals surface area contributed by atoms with Crippen molar-refractivity contribution in [3.63, 3.8) is 0 Å². The van der Waals surface area contributed by atoms with Crippen LogP contribution in [0.2, 0.25) is 0 Å². The van der Waals surface area contributed by atoms with Gasteiger partial charge in [0, 0.05) is 28.8 Å². The van der Waals surface area contributed by atoms with E-state index >= 15 is 4.39 Å². The Hall–Kier alpha value is -4.24. The van der Waals surface area contributed by atoms with Crippen LogP contribution in [0.4, 0.5) is 17.6 Å². The Morgan fingerprint density at radius 1 is 1.15 bits per heavy atom. The Morgan fingerprint density at radius 2 is 1.89 bits per heavy atom. The van der Waals surface area contributed by atoms with Gasteiger partial charge < -0.3 is 25.6 Å². The second-order valence-electron chi connectivity index (χ2n) is 11.3. The van der Waals surface area contributed by atoms with Crippen LogP contribution < -0.4 is 20.5 Å². The molecular formula is C31H28BrF4N5O5. The number of carbonyl (C=O) groups is 2. The van der Waals surface area contributed by atoms with Gasteiger partial charge in [-0.15, -0.1) is 0 Å². The lowest BCUT2D eigenvalue weighted by atomic mass is 9.90. The van der Waals surface area contributed by atoms with E-state index in [1.165, 1.54) is 18.2 Å². The van der Waals surface area contributed by atoms with Crippen LogP contribution in [0.5, 0.6) is 11.5 Å². The summed E-state index contributed by atoms with van der Waals surface area (Å²) in [5, 5.41) is 18.9. The summed E-state index contributed by atoms with van der Waals surface area (Å²) in [5.41, 5.74) is 3.38. The summed E-state index contributed by atoms with van der Waals surface area (Å²) >= 11 is 3.04. The van der Waals surface area contributed by atoms with Crippen LogP contribution in [0.3, 0.4) is 0 Å². The van der Waals surface area contributed by atoms with Crippen LogP contribution in [-0.4, -0.2) is 50.9 Å². The summed E-state index contributed by atoms with van der Waals surface area (Å²) in [4.78, 5) is 30.6. The highest BCUT2D eigenvalue weighted by Gasteiger charge is 2.47. The number of hydrogen-bond donors (Lipinski definition) is 3. The lowest BCUT2D eigenvalue weighted by Crippen LogP contribution is -2.43. The van der Waals surface area contributed by atoms with Crippen molar-refractivity contribution in [3.05, 3.63) is 69.5 Å². The van der Waals surface area contributed by atoms with Crippen molar-refractivity contribution in [2.75, 3.05) is 13.2 Å². The number of aromatic nitrogens is 3. The zero-order valence-corrected chi connectivity index (χ0v) is 25.9. The zero-order chi connectivity index (χ0) is 32.9. The predicted molar refractivity (Wildman–Crippen MR) is 161 cm³/mol. The number of nitrogens with two attached hydrogens (primary N) is 1. The molecule has 2 fully saturated rings. The van der Waals surface area contributed by atoms with Gasteiger partial charge in [-0.3, -0.25) is 9.59 Å². The molecule has 4 N–H and O–H groups in total. The Kier molecular flexibility index (Phi) is 8.40. The number of halogens is 5.